The highest BCUT2D eigenvalue weighted by Crippen LogP contribution is 2.44. The summed E-state index contributed by atoms with van der Waals surface area (Å²) >= 11 is 18.1. The molecule has 1 aliphatic rings. The monoisotopic (exact) mass is 463 g/mol. The van der Waals surface area contributed by atoms with E-state index in [4.69, 9.17) is 34.8 Å². The fraction of sp³-hybridized carbons (Fsp3) is 0.111. The van der Waals surface area contributed by atoms with Crippen LogP contribution < -0.4 is 9.80 Å². The van der Waals surface area contributed by atoms with Crippen molar-refractivity contribution in [3.05, 3.63) is 57.3 Å². The highest BCUT2D eigenvalue weighted by molar-refractivity contribution is 6.43. The van der Waals surface area contributed by atoms with Crippen molar-refractivity contribution in [1.29, 1.82) is 0 Å². The number of aromatic nitrogens is 3. The number of carbonyl (C=O) groups excluding carboxylic acids is 2. The molecule has 152 valence electrons. The summed E-state index contributed by atoms with van der Waals surface area (Å²) in [4.78, 5) is 31.9. The first-order valence-corrected chi connectivity index (χ1v) is 9.58. The maximum atomic E-state index is 13.0. The molecule has 0 saturated heterocycles. The molecule has 0 aliphatic carbocycles. The third kappa shape index (κ3) is 3.30. The topological polar surface area (TPSA) is 96.0 Å². The molecular weight excluding hydrogens is 453 g/mol. The summed E-state index contributed by atoms with van der Waals surface area (Å²) in [5.41, 5.74) is 0.847. The van der Waals surface area contributed by atoms with Gasteiger partial charge in [0.15, 0.2) is 17.3 Å². The Kier molecular flexibility index (Phi) is 5.19. The first-order valence-electron chi connectivity index (χ1n) is 8.45. The summed E-state index contributed by atoms with van der Waals surface area (Å²) in [5, 5.41) is 13.4. The molecule has 0 saturated carbocycles. The van der Waals surface area contributed by atoms with Crippen molar-refractivity contribution in [3.8, 4) is 0 Å². The third-order valence-electron chi connectivity index (χ3n) is 4.40. The Hall–Kier alpha value is -3.01. The lowest BCUT2D eigenvalue weighted by molar-refractivity contribution is 0.0947. The van der Waals surface area contributed by atoms with E-state index in [9.17, 15) is 9.59 Å². The quantitative estimate of drug-likeness (QED) is 0.385. The molecular formula is C18H12Cl3N7O2. The highest BCUT2D eigenvalue weighted by atomic mass is 35.5. The Balaban J connectivity index is 1.84. The van der Waals surface area contributed by atoms with Crippen molar-refractivity contribution in [2.24, 2.45) is 10.2 Å². The van der Waals surface area contributed by atoms with Gasteiger partial charge in [-0.1, -0.05) is 34.8 Å². The van der Waals surface area contributed by atoms with E-state index in [1.54, 1.807) is 12.1 Å². The van der Waals surface area contributed by atoms with Crippen molar-refractivity contribution in [1.82, 2.24) is 14.8 Å². The van der Waals surface area contributed by atoms with Crippen LogP contribution in [0.2, 0.25) is 15.1 Å². The lowest BCUT2D eigenvalue weighted by Crippen LogP contribution is -2.41. The largest absolute Gasteiger partial charge is 0.330 e. The second-order valence-electron chi connectivity index (χ2n) is 6.27. The fourth-order valence-electron chi connectivity index (χ4n) is 2.86. The molecule has 9 nitrogen and oxygen atoms in total. The molecule has 3 aromatic rings. The van der Waals surface area contributed by atoms with Crippen LogP contribution in [0.5, 0.6) is 0 Å². The number of nitrogens with zero attached hydrogens (tertiary/aromatic N) is 7. The van der Waals surface area contributed by atoms with Crippen LogP contribution in [-0.2, 0) is 0 Å². The van der Waals surface area contributed by atoms with Crippen molar-refractivity contribution >= 4 is 69.8 Å². The Morgan fingerprint density at radius 3 is 2.33 bits per heavy atom. The van der Waals surface area contributed by atoms with Crippen LogP contribution in [0.15, 0.2) is 46.9 Å². The summed E-state index contributed by atoms with van der Waals surface area (Å²) in [6, 6.07) is 5.64. The van der Waals surface area contributed by atoms with Crippen LogP contribution in [-0.4, -0.2) is 40.8 Å². The van der Waals surface area contributed by atoms with E-state index in [2.05, 4.69) is 20.3 Å². The average molecular weight is 465 g/mol. The van der Waals surface area contributed by atoms with E-state index in [1.807, 2.05) is 0 Å². The molecule has 0 atom stereocenters. The van der Waals surface area contributed by atoms with Crippen molar-refractivity contribution < 1.29 is 9.59 Å². The van der Waals surface area contributed by atoms with Gasteiger partial charge in [-0.05, 0) is 24.3 Å². The van der Waals surface area contributed by atoms with Gasteiger partial charge < -0.3 is 0 Å². The minimum absolute atomic E-state index is 0.176. The number of rotatable bonds is 3. The van der Waals surface area contributed by atoms with Gasteiger partial charge in [-0.15, -0.1) is 15.3 Å². The molecule has 2 aromatic heterocycles. The van der Waals surface area contributed by atoms with Crippen LogP contribution >= 0.6 is 34.8 Å². The second kappa shape index (κ2) is 7.67. The summed E-state index contributed by atoms with van der Waals surface area (Å²) in [6.07, 6.45) is 2.98. The number of fused-ring (bicyclic) bond motifs is 2. The molecule has 30 heavy (non-hydrogen) atoms. The minimum Gasteiger partial charge on any atom is -0.279 e. The molecule has 12 heteroatoms. The third-order valence-corrected chi connectivity index (χ3v) is 5.42. The molecule has 0 unspecified atom stereocenters. The van der Waals surface area contributed by atoms with Crippen molar-refractivity contribution in [3.63, 3.8) is 0 Å². The SMILES string of the molecule is CN1C(=O)N(C)c2c(N=Nc3cc(Cl)c(Cl)cc3Cl)c1nn2C(=O)c1ccncc1. The fourth-order valence-corrected chi connectivity index (χ4v) is 3.44. The Morgan fingerprint density at radius 2 is 1.63 bits per heavy atom. The van der Waals surface area contributed by atoms with Gasteiger partial charge >= 0.3 is 6.03 Å². The Bertz CT molecular complexity index is 1210. The zero-order valence-corrected chi connectivity index (χ0v) is 17.8. The molecule has 3 heterocycles. The summed E-state index contributed by atoms with van der Waals surface area (Å²) in [5.74, 6) is -0.0945. The highest BCUT2D eigenvalue weighted by Gasteiger charge is 2.37. The van der Waals surface area contributed by atoms with E-state index < -0.39 is 5.91 Å². The minimum atomic E-state index is -0.447. The van der Waals surface area contributed by atoms with E-state index >= 15 is 0 Å². The van der Waals surface area contributed by atoms with Gasteiger partial charge in [0.2, 0.25) is 0 Å². The molecule has 0 spiro atoms. The molecule has 4 rings (SSSR count). The predicted octanol–water partition coefficient (Wildman–Crippen LogP) is 5.35. The van der Waals surface area contributed by atoms with Crippen LogP contribution in [0.4, 0.5) is 27.8 Å². The lowest BCUT2D eigenvalue weighted by Gasteiger charge is -2.26. The van der Waals surface area contributed by atoms with Crippen LogP contribution in [0, 0.1) is 0 Å². The van der Waals surface area contributed by atoms with E-state index in [-0.39, 0.29) is 44.1 Å². The smallest absolute Gasteiger partial charge is 0.279 e. The summed E-state index contributed by atoms with van der Waals surface area (Å²) in [6.45, 7) is 0. The van der Waals surface area contributed by atoms with Gasteiger partial charge in [0.05, 0.1) is 15.1 Å². The number of halogens is 3. The first-order chi connectivity index (χ1) is 14.3. The van der Waals surface area contributed by atoms with Gasteiger partial charge in [0.25, 0.3) is 5.91 Å². The molecule has 1 aromatic carbocycles. The van der Waals surface area contributed by atoms with Crippen LogP contribution in [0.1, 0.15) is 10.4 Å². The Morgan fingerprint density at radius 1 is 0.967 bits per heavy atom. The van der Waals surface area contributed by atoms with Gasteiger partial charge in [0.1, 0.15) is 5.69 Å². The second-order valence-corrected chi connectivity index (χ2v) is 7.49. The van der Waals surface area contributed by atoms with Crippen LogP contribution in [0.25, 0.3) is 0 Å². The normalized spacial score (nSPS) is 13.4. The molecule has 2 amide bonds. The summed E-state index contributed by atoms with van der Waals surface area (Å²) in [7, 11) is 3.04. The maximum absolute atomic E-state index is 13.0. The van der Waals surface area contributed by atoms with E-state index in [0.717, 1.165) is 4.68 Å². The number of anilines is 2. The molecule has 0 N–H and O–H groups in total. The van der Waals surface area contributed by atoms with Gasteiger partial charge in [-0.25, -0.2) is 4.79 Å². The number of azo groups is 1. The lowest BCUT2D eigenvalue weighted by atomic mass is 10.2. The zero-order valence-electron chi connectivity index (χ0n) is 15.5. The first kappa shape index (κ1) is 20.3. The predicted molar refractivity (Wildman–Crippen MR) is 114 cm³/mol. The number of benzene rings is 1. The molecule has 0 radical (unpaired) electrons. The Labute approximate surface area is 185 Å². The maximum Gasteiger partial charge on any atom is 0.330 e. The van der Waals surface area contributed by atoms with Gasteiger partial charge in [0, 0.05) is 32.1 Å². The number of hydrogen-bond donors (Lipinski definition) is 0. The molecule has 0 fully saturated rings. The average Bonchev–Trinajstić information content (AvgIpc) is 3.08. The van der Waals surface area contributed by atoms with Crippen molar-refractivity contribution in [2.75, 3.05) is 23.9 Å². The van der Waals surface area contributed by atoms with Gasteiger partial charge in [-0.3, -0.25) is 19.6 Å². The standard InChI is InChI=1S/C18H12Cl3N7O2/c1-26-15-14(24-23-13-8-11(20)10(19)7-12(13)21)16(27(2)18(26)30)28(25-15)17(29)9-3-5-22-6-4-9/h3-8H,1-2H3. The number of amides is 2. The summed E-state index contributed by atoms with van der Waals surface area (Å²) < 4.78 is 1.11. The van der Waals surface area contributed by atoms with Crippen LogP contribution in [0.3, 0.4) is 0 Å². The number of carbonyl (C=O) groups is 2. The number of hydrogen-bond acceptors (Lipinski definition) is 6. The van der Waals surface area contributed by atoms with E-state index in [1.165, 1.54) is 48.4 Å². The number of urea groups is 1. The molecule has 2 bridgehead atoms. The molecule has 1 aliphatic heterocycles. The van der Waals surface area contributed by atoms with E-state index in [0.29, 0.717) is 5.56 Å². The number of pyridine rings is 1. The van der Waals surface area contributed by atoms with Crippen molar-refractivity contribution in [2.45, 2.75) is 0 Å². The van der Waals surface area contributed by atoms with Gasteiger partial charge in [-0.2, -0.15) is 4.68 Å². The zero-order chi connectivity index (χ0) is 21.6.